The molecule has 0 unspecified atom stereocenters. The van der Waals surface area contributed by atoms with Crippen LogP contribution in [-0.2, 0) is 18.4 Å². The lowest BCUT2D eigenvalue weighted by atomic mass is 10.2. The van der Waals surface area contributed by atoms with Crippen LogP contribution in [0.4, 0.5) is 0 Å². The van der Waals surface area contributed by atoms with Crippen LogP contribution >= 0.6 is 0 Å². The highest BCUT2D eigenvalue weighted by atomic mass is 16.2. The third-order valence-corrected chi connectivity index (χ3v) is 4.33. The third kappa shape index (κ3) is 2.73. The maximum atomic E-state index is 12.2. The van der Waals surface area contributed by atoms with E-state index in [1.54, 1.807) is 16.2 Å². The largest absolute Gasteiger partial charge is 0.353 e. The van der Waals surface area contributed by atoms with Gasteiger partial charge in [0.15, 0.2) is 0 Å². The molecule has 1 aromatic heterocycles. The standard InChI is InChI=1S/C16H21N3O2/c1-18-13-8-4-5-9-14(13)19(16(18)21)11-10-15(20)17-12-6-2-3-7-12/h4-5,8-9,12H,2-3,6-7,10-11H2,1H3,(H,17,20). The number of carbonyl (C=O) groups is 1. The molecule has 1 aliphatic carbocycles. The molecule has 1 saturated carbocycles. The molecule has 0 saturated heterocycles. The van der Waals surface area contributed by atoms with E-state index in [1.165, 1.54) is 12.8 Å². The maximum Gasteiger partial charge on any atom is 0.328 e. The van der Waals surface area contributed by atoms with E-state index in [0.717, 1.165) is 23.9 Å². The smallest absolute Gasteiger partial charge is 0.328 e. The normalized spacial score (nSPS) is 15.7. The predicted molar refractivity (Wildman–Crippen MR) is 82.2 cm³/mol. The van der Waals surface area contributed by atoms with Gasteiger partial charge in [-0.1, -0.05) is 25.0 Å². The number of hydrogen-bond acceptors (Lipinski definition) is 2. The molecule has 0 bridgehead atoms. The second-order valence-electron chi connectivity index (χ2n) is 5.78. The molecule has 1 aromatic carbocycles. The van der Waals surface area contributed by atoms with Gasteiger partial charge in [-0.05, 0) is 25.0 Å². The lowest BCUT2D eigenvalue weighted by Crippen LogP contribution is -2.34. The fourth-order valence-electron chi connectivity index (χ4n) is 3.16. The number of rotatable bonds is 4. The number of amides is 1. The van der Waals surface area contributed by atoms with E-state index in [4.69, 9.17) is 0 Å². The molecule has 1 heterocycles. The highest BCUT2D eigenvalue weighted by molar-refractivity contribution is 5.78. The van der Waals surface area contributed by atoms with Crippen molar-refractivity contribution in [3.05, 3.63) is 34.7 Å². The Labute approximate surface area is 123 Å². The van der Waals surface area contributed by atoms with Crippen molar-refractivity contribution in [1.29, 1.82) is 0 Å². The van der Waals surface area contributed by atoms with Crippen molar-refractivity contribution in [3.8, 4) is 0 Å². The third-order valence-electron chi connectivity index (χ3n) is 4.33. The zero-order valence-corrected chi connectivity index (χ0v) is 12.3. The van der Waals surface area contributed by atoms with Crippen molar-refractivity contribution in [2.24, 2.45) is 7.05 Å². The highest BCUT2D eigenvalue weighted by Gasteiger charge is 2.17. The van der Waals surface area contributed by atoms with E-state index in [2.05, 4.69) is 5.32 Å². The summed E-state index contributed by atoms with van der Waals surface area (Å²) in [5, 5.41) is 3.06. The number of nitrogens with one attached hydrogen (secondary N) is 1. The zero-order chi connectivity index (χ0) is 14.8. The summed E-state index contributed by atoms with van der Waals surface area (Å²) in [4.78, 5) is 24.2. The van der Waals surface area contributed by atoms with Gasteiger partial charge in [0.05, 0.1) is 11.0 Å². The minimum absolute atomic E-state index is 0.0433. The first-order valence-electron chi connectivity index (χ1n) is 7.60. The van der Waals surface area contributed by atoms with E-state index < -0.39 is 0 Å². The number of carbonyl (C=O) groups excluding carboxylic acids is 1. The van der Waals surface area contributed by atoms with Gasteiger partial charge in [-0.3, -0.25) is 13.9 Å². The van der Waals surface area contributed by atoms with Crippen molar-refractivity contribution in [2.75, 3.05) is 0 Å². The summed E-state index contributed by atoms with van der Waals surface area (Å²) in [5.74, 6) is 0.0433. The minimum atomic E-state index is -0.0649. The molecular weight excluding hydrogens is 266 g/mol. The Morgan fingerprint density at radius 3 is 2.62 bits per heavy atom. The van der Waals surface area contributed by atoms with Crippen molar-refractivity contribution in [3.63, 3.8) is 0 Å². The highest BCUT2D eigenvalue weighted by Crippen LogP contribution is 2.17. The van der Waals surface area contributed by atoms with E-state index >= 15 is 0 Å². The molecule has 3 rings (SSSR count). The molecule has 5 heteroatoms. The Morgan fingerprint density at radius 2 is 1.90 bits per heavy atom. The average Bonchev–Trinajstić information content (AvgIpc) is 3.07. The number of fused-ring (bicyclic) bond motifs is 1. The van der Waals surface area contributed by atoms with Gasteiger partial charge < -0.3 is 5.32 Å². The van der Waals surface area contributed by atoms with Crippen molar-refractivity contribution in [1.82, 2.24) is 14.5 Å². The molecule has 0 radical (unpaired) electrons. The van der Waals surface area contributed by atoms with E-state index in [0.29, 0.717) is 19.0 Å². The fourth-order valence-corrected chi connectivity index (χ4v) is 3.16. The number of aryl methyl sites for hydroxylation is 2. The van der Waals surface area contributed by atoms with E-state index in [1.807, 2.05) is 24.3 Å². The van der Waals surface area contributed by atoms with Gasteiger partial charge in [0.25, 0.3) is 0 Å². The van der Waals surface area contributed by atoms with E-state index in [-0.39, 0.29) is 11.6 Å². The van der Waals surface area contributed by atoms with Crippen molar-refractivity contribution in [2.45, 2.75) is 44.7 Å². The van der Waals surface area contributed by atoms with Gasteiger partial charge >= 0.3 is 5.69 Å². The molecule has 1 aliphatic rings. The summed E-state index contributed by atoms with van der Waals surface area (Å²) >= 11 is 0. The lowest BCUT2D eigenvalue weighted by Gasteiger charge is -2.11. The van der Waals surface area contributed by atoms with Gasteiger partial charge in [0.2, 0.25) is 5.91 Å². The molecule has 0 atom stereocenters. The average molecular weight is 287 g/mol. The van der Waals surface area contributed by atoms with Crippen LogP contribution in [0.15, 0.2) is 29.1 Å². The van der Waals surface area contributed by atoms with Crippen molar-refractivity contribution < 1.29 is 4.79 Å². The summed E-state index contributed by atoms with van der Waals surface area (Å²) in [6.45, 7) is 0.429. The molecule has 2 aromatic rings. The number of para-hydroxylation sites is 2. The summed E-state index contributed by atoms with van der Waals surface area (Å²) in [6.07, 6.45) is 4.92. The maximum absolute atomic E-state index is 12.2. The first-order valence-corrected chi connectivity index (χ1v) is 7.60. The van der Waals surface area contributed by atoms with Crippen LogP contribution in [0.5, 0.6) is 0 Å². The molecule has 1 amide bonds. The van der Waals surface area contributed by atoms with Crippen LogP contribution in [0.25, 0.3) is 11.0 Å². The molecule has 112 valence electrons. The Kier molecular flexibility index (Phi) is 3.82. The Balaban J connectivity index is 1.72. The van der Waals surface area contributed by atoms with Crippen LogP contribution in [0.1, 0.15) is 32.1 Å². The van der Waals surface area contributed by atoms with Crippen LogP contribution < -0.4 is 11.0 Å². The van der Waals surface area contributed by atoms with Crippen LogP contribution in [0.2, 0.25) is 0 Å². The summed E-state index contributed by atoms with van der Waals surface area (Å²) in [6, 6.07) is 8.01. The number of benzene rings is 1. The molecule has 5 nitrogen and oxygen atoms in total. The summed E-state index contributed by atoms with van der Waals surface area (Å²) in [7, 11) is 1.76. The fraction of sp³-hybridized carbons (Fsp3) is 0.500. The molecule has 0 spiro atoms. The van der Waals surface area contributed by atoms with Gasteiger partial charge in [-0.25, -0.2) is 4.79 Å². The van der Waals surface area contributed by atoms with Gasteiger partial charge in [0, 0.05) is 26.1 Å². The summed E-state index contributed by atoms with van der Waals surface area (Å²) < 4.78 is 3.31. The Hall–Kier alpha value is -2.04. The monoisotopic (exact) mass is 287 g/mol. The second-order valence-corrected chi connectivity index (χ2v) is 5.78. The lowest BCUT2D eigenvalue weighted by molar-refractivity contribution is -0.121. The van der Waals surface area contributed by atoms with E-state index in [9.17, 15) is 9.59 Å². The predicted octanol–water partition coefficient (Wildman–Crippen LogP) is 1.79. The number of aromatic nitrogens is 2. The SMILES string of the molecule is Cn1c(=O)n(CCC(=O)NC2CCCC2)c2ccccc21. The molecular formula is C16H21N3O2. The van der Waals surface area contributed by atoms with Crippen LogP contribution in [0, 0.1) is 0 Å². The molecule has 1 N–H and O–H groups in total. The quantitative estimate of drug-likeness (QED) is 0.932. The Morgan fingerprint density at radius 1 is 1.24 bits per heavy atom. The van der Waals surface area contributed by atoms with Crippen LogP contribution in [0.3, 0.4) is 0 Å². The molecule has 21 heavy (non-hydrogen) atoms. The second kappa shape index (κ2) is 5.76. The molecule has 0 aliphatic heterocycles. The van der Waals surface area contributed by atoms with Crippen molar-refractivity contribution >= 4 is 16.9 Å². The topological polar surface area (TPSA) is 56.0 Å². The van der Waals surface area contributed by atoms with Gasteiger partial charge in [-0.2, -0.15) is 0 Å². The van der Waals surface area contributed by atoms with Crippen LogP contribution in [-0.4, -0.2) is 21.1 Å². The first kappa shape index (κ1) is 13.9. The number of imidazole rings is 1. The minimum Gasteiger partial charge on any atom is -0.353 e. The van der Waals surface area contributed by atoms with Gasteiger partial charge in [-0.15, -0.1) is 0 Å². The zero-order valence-electron chi connectivity index (χ0n) is 12.3. The number of nitrogens with zero attached hydrogens (tertiary/aromatic N) is 2. The summed E-state index contributed by atoms with van der Waals surface area (Å²) in [5.41, 5.74) is 1.72. The number of hydrogen-bond donors (Lipinski definition) is 1. The Bertz CT molecular complexity index is 708. The molecule has 1 fully saturated rings. The first-order chi connectivity index (χ1) is 10.2. The van der Waals surface area contributed by atoms with Gasteiger partial charge in [0.1, 0.15) is 0 Å².